The van der Waals surface area contributed by atoms with E-state index in [9.17, 15) is 14.4 Å². The van der Waals surface area contributed by atoms with Gasteiger partial charge in [-0.15, -0.1) is 0 Å². The van der Waals surface area contributed by atoms with Crippen LogP contribution in [0.15, 0.2) is 164 Å². The van der Waals surface area contributed by atoms with Crippen LogP contribution in [0.4, 0.5) is 57.9 Å². The molecule has 0 fully saturated rings. The van der Waals surface area contributed by atoms with Crippen molar-refractivity contribution in [3.8, 4) is 5.88 Å². The van der Waals surface area contributed by atoms with E-state index in [0.717, 1.165) is 28.3 Å². The van der Waals surface area contributed by atoms with Crippen molar-refractivity contribution in [1.82, 2.24) is 40.5 Å². The van der Waals surface area contributed by atoms with Gasteiger partial charge >= 0.3 is 0 Å². The molecule has 80 heavy (non-hydrogen) atoms. The van der Waals surface area contributed by atoms with Gasteiger partial charge in [0, 0.05) is 82.9 Å². The number of amides is 3. The summed E-state index contributed by atoms with van der Waals surface area (Å²) >= 11 is 0. The van der Waals surface area contributed by atoms with E-state index in [4.69, 9.17) is 10.5 Å². The first-order chi connectivity index (χ1) is 38.5. The first-order valence-corrected chi connectivity index (χ1v) is 25.8. The highest BCUT2D eigenvalue weighted by atomic mass is 16.5. The largest absolute Gasteiger partial charge is 0.473 e. The minimum atomic E-state index is -0.487. The normalized spacial score (nSPS) is 10.4. The van der Waals surface area contributed by atoms with Gasteiger partial charge in [0.05, 0.1) is 0 Å². The van der Waals surface area contributed by atoms with Gasteiger partial charge in [-0.25, -0.2) is 15.0 Å². The Hall–Kier alpha value is -10.2. The Kier molecular flexibility index (Phi) is 19.9. The molecule has 0 saturated heterocycles. The lowest BCUT2D eigenvalue weighted by Gasteiger charge is -2.14. The Morgan fingerprint density at radius 1 is 0.487 bits per heavy atom. The van der Waals surface area contributed by atoms with Crippen LogP contribution in [0.25, 0.3) is 0 Å². The molecule has 6 aromatic carbocycles. The van der Waals surface area contributed by atoms with E-state index in [1.54, 1.807) is 80.2 Å². The summed E-state index contributed by atoms with van der Waals surface area (Å²) in [5.74, 6) is 2.54. The number of ether oxygens (including phenoxy) is 1. The number of benzene rings is 6. The first-order valence-electron chi connectivity index (χ1n) is 25.8. The molecule has 3 amide bonds. The number of nitrogens with two attached hydrogens (primary N) is 1. The Labute approximate surface area is 466 Å². The number of carbonyl (C=O) groups excluding carboxylic acids is 3. The van der Waals surface area contributed by atoms with E-state index in [-0.39, 0.29) is 17.9 Å². The average molecular weight is 1070 g/mol. The highest BCUT2D eigenvalue weighted by molar-refractivity contribution is 5.95. The van der Waals surface area contributed by atoms with Crippen LogP contribution in [0.2, 0.25) is 0 Å². The Morgan fingerprint density at radius 2 is 0.950 bits per heavy atom. The molecule has 0 saturated carbocycles. The van der Waals surface area contributed by atoms with Crippen LogP contribution < -0.4 is 47.7 Å². The van der Waals surface area contributed by atoms with Crippen LogP contribution in [0.1, 0.15) is 83.9 Å². The summed E-state index contributed by atoms with van der Waals surface area (Å²) in [7, 11) is 1.61. The summed E-state index contributed by atoms with van der Waals surface area (Å²) in [5.41, 5.74) is 19.5. The van der Waals surface area contributed by atoms with Crippen LogP contribution in [-0.4, -0.2) is 60.7 Å². The summed E-state index contributed by atoms with van der Waals surface area (Å²) in [6.45, 7) is 16.8. The van der Waals surface area contributed by atoms with E-state index in [2.05, 4.69) is 133 Å². The van der Waals surface area contributed by atoms with Gasteiger partial charge < -0.3 is 47.7 Å². The van der Waals surface area contributed by atoms with Crippen LogP contribution in [0.3, 0.4) is 0 Å². The van der Waals surface area contributed by atoms with Crippen molar-refractivity contribution in [3.63, 3.8) is 0 Å². The van der Waals surface area contributed by atoms with Crippen molar-refractivity contribution in [2.24, 2.45) is 5.73 Å². The summed E-state index contributed by atoms with van der Waals surface area (Å²) in [5, 5.41) is 21.6. The zero-order valence-electron chi connectivity index (χ0n) is 46.3. The van der Waals surface area contributed by atoms with Gasteiger partial charge in [0.2, 0.25) is 29.6 Å². The van der Waals surface area contributed by atoms with Gasteiger partial charge in [0.15, 0.2) is 0 Å². The minimum absolute atomic E-state index is 0.0853. The molecule has 0 atom stereocenters. The molecular weight excluding hydrogens is 1000 g/mol. The van der Waals surface area contributed by atoms with Crippen LogP contribution in [0.5, 0.6) is 5.88 Å². The predicted molar refractivity (Wildman–Crippen MR) is 318 cm³/mol. The quantitative estimate of drug-likeness (QED) is 0.0422. The summed E-state index contributed by atoms with van der Waals surface area (Å²) in [6, 6.07) is 45.1. The Bertz CT molecular complexity index is 3510. The SMILES string of the molecule is CNC(=O)c1ccc(Nc2nccc(Nc3c(C)cc(C)cc3C)n2)cc1.Cc1cc(C)c(Nc2ccnc(Nc3ccc(C(=O)NC(C)C)cc3)n2)c(C)c1.NC(=O)c1cccc(Nc2nccc(OCc3ccccc3)n2)c1. The van der Waals surface area contributed by atoms with Crippen LogP contribution in [-0.2, 0) is 6.61 Å². The lowest BCUT2D eigenvalue weighted by molar-refractivity contribution is 0.0939. The molecule has 18 nitrogen and oxygen atoms in total. The number of aryl methyl sites for hydroxylation is 6. The molecule has 0 aliphatic carbocycles. The number of carbonyl (C=O) groups is 3. The number of anilines is 10. The van der Waals surface area contributed by atoms with Crippen molar-refractivity contribution >= 4 is 75.6 Å². The maximum Gasteiger partial charge on any atom is 0.251 e. The minimum Gasteiger partial charge on any atom is -0.473 e. The zero-order chi connectivity index (χ0) is 57.1. The van der Waals surface area contributed by atoms with Gasteiger partial charge in [-0.3, -0.25) is 14.4 Å². The van der Waals surface area contributed by atoms with Crippen molar-refractivity contribution < 1.29 is 19.1 Å². The smallest absolute Gasteiger partial charge is 0.251 e. The molecule has 9 N–H and O–H groups in total. The lowest BCUT2D eigenvalue weighted by atomic mass is 10.1. The van der Waals surface area contributed by atoms with Gasteiger partial charge in [0.25, 0.3) is 11.8 Å². The van der Waals surface area contributed by atoms with Crippen molar-refractivity contribution in [2.75, 3.05) is 33.6 Å². The molecule has 408 valence electrons. The Morgan fingerprint density at radius 3 is 1.43 bits per heavy atom. The van der Waals surface area contributed by atoms with Gasteiger partial charge in [-0.05, 0) is 162 Å². The molecular formula is C62H66N14O4. The molecule has 18 heteroatoms. The summed E-state index contributed by atoms with van der Waals surface area (Å²) in [4.78, 5) is 61.0. The van der Waals surface area contributed by atoms with Gasteiger partial charge in [-0.2, -0.15) is 15.0 Å². The molecule has 0 unspecified atom stereocenters. The van der Waals surface area contributed by atoms with Crippen LogP contribution in [0, 0.1) is 41.5 Å². The van der Waals surface area contributed by atoms with E-state index in [0.29, 0.717) is 64.3 Å². The third-order valence-electron chi connectivity index (χ3n) is 11.9. The second-order valence-electron chi connectivity index (χ2n) is 19.0. The maximum atomic E-state index is 12.1. The number of rotatable bonds is 17. The number of nitrogens with zero attached hydrogens (tertiary/aromatic N) is 6. The third-order valence-corrected chi connectivity index (χ3v) is 11.9. The Balaban J connectivity index is 0.000000174. The topological polar surface area (TPSA) is 248 Å². The molecule has 0 spiro atoms. The molecule has 3 heterocycles. The number of aromatic nitrogens is 6. The molecule has 9 aromatic rings. The molecule has 0 bridgehead atoms. The number of hydrogen-bond donors (Lipinski definition) is 8. The van der Waals surface area contributed by atoms with Crippen molar-refractivity contribution in [1.29, 1.82) is 0 Å². The molecule has 3 aromatic heterocycles. The van der Waals surface area contributed by atoms with E-state index >= 15 is 0 Å². The fourth-order valence-electron chi connectivity index (χ4n) is 8.24. The fourth-order valence-corrected chi connectivity index (χ4v) is 8.24. The standard InChI is InChI=1S/C23H27N5O.C21H23N5O.C18H16N4O2/c1-14(2)25-22(29)18-6-8-19(9-7-18)26-23-24-11-10-20(28-23)27-21-16(4)12-15(3)13-17(21)5;1-13-11-14(2)19(15(3)12-13)25-18-9-10-23-21(26-18)24-17-7-5-16(6-8-17)20(27)22-4;19-17(23)14-7-4-8-15(11-14)21-18-20-10-9-16(22-18)24-12-13-5-2-1-3-6-13/h6-14H,1-5H3,(H,25,29)(H2,24,26,27,28);5-12H,1-4H3,(H,22,27)(H2,23,24,25,26);1-11H,12H2,(H2,19,23)(H,20,21,22). The number of nitrogens with one attached hydrogen (secondary N) is 7. The number of hydrogen-bond acceptors (Lipinski definition) is 15. The highest BCUT2D eigenvalue weighted by Crippen LogP contribution is 2.28. The van der Waals surface area contributed by atoms with Crippen molar-refractivity contribution in [2.45, 2.75) is 68.0 Å². The summed E-state index contributed by atoms with van der Waals surface area (Å²) in [6.07, 6.45) is 5.02. The molecule has 0 aliphatic heterocycles. The third kappa shape index (κ3) is 17.1. The molecule has 0 radical (unpaired) electrons. The predicted octanol–water partition coefficient (Wildman–Crippen LogP) is 12.2. The summed E-state index contributed by atoms with van der Waals surface area (Å²) < 4.78 is 5.67. The average Bonchev–Trinajstić information content (AvgIpc) is 3.44. The van der Waals surface area contributed by atoms with Gasteiger partial charge in [0.1, 0.15) is 18.2 Å². The van der Waals surface area contributed by atoms with Crippen molar-refractivity contribution in [3.05, 3.63) is 220 Å². The molecule has 9 rings (SSSR count). The number of primary amides is 1. The van der Waals surface area contributed by atoms with E-state index in [1.807, 2.05) is 80.6 Å². The van der Waals surface area contributed by atoms with E-state index in [1.165, 1.54) is 33.4 Å². The monoisotopic (exact) mass is 1070 g/mol. The second-order valence-corrected chi connectivity index (χ2v) is 19.0. The van der Waals surface area contributed by atoms with Crippen LogP contribution >= 0.6 is 0 Å². The molecule has 0 aliphatic rings. The lowest BCUT2D eigenvalue weighted by Crippen LogP contribution is -2.29. The fraction of sp³-hybridized carbons (Fsp3) is 0.177. The van der Waals surface area contributed by atoms with Gasteiger partial charge in [-0.1, -0.05) is 71.8 Å². The first kappa shape index (κ1) is 57.5. The zero-order valence-corrected chi connectivity index (χ0v) is 46.3. The highest BCUT2D eigenvalue weighted by Gasteiger charge is 2.12. The second kappa shape index (κ2) is 27.7. The maximum absolute atomic E-state index is 12.1. The van der Waals surface area contributed by atoms with E-state index < -0.39 is 5.91 Å².